The average Bonchev–Trinajstić information content (AvgIpc) is 2.82. The van der Waals surface area contributed by atoms with Crippen LogP contribution in [-0.4, -0.2) is 14.2 Å². The highest BCUT2D eigenvalue weighted by Crippen LogP contribution is 2.54. The molecule has 3 aliphatic rings. The number of ether oxygens (including phenoxy) is 2. The molecule has 3 aliphatic carbocycles. The van der Waals surface area contributed by atoms with Gasteiger partial charge in [0.25, 0.3) is 0 Å². The molecule has 0 aliphatic heterocycles. The minimum absolute atomic E-state index is 0.169. The Balaban J connectivity index is 0.665. The van der Waals surface area contributed by atoms with Gasteiger partial charge in [-0.05, 0) is 208 Å². The van der Waals surface area contributed by atoms with E-state index in [4.69, 9.17) is 9.47 Å². The molecular formula is C83H68N2O2. The van der Waals surface area contributed by atoms with Crippen LogP contribution in [0.15, 0.2) is 243 Å². The second-order valence-corrected chi connectivity index (χ2v) is 25.4. The Bertz CT molecular complexity index is 4500. The zero-order valence-corrected chi connectivity index (χ0v) is 50.6. The molecule has 0 N–H and O–H groups in total. The van der Waals surface area contributed by atoms with Crippen LogP contribution in [0, 0.1) is 0 Å². The maximum atomic E-state index is 5.57. The minimum atomic E-state index is -0.213. The molecule has 12 aromatic rings. The maximum absolute atomic E-state index is 5.57. The zero-order valence-electron chi connectivity index (χ0n) is 50.6. The summed E-state index contributed by atoms with van der Waals surface area (Å²) < 4.78 is 11.1. The Morgan fingerprint density at radius 2 is 0.506 bits per heavy atom. The van der Waals surface area contributed by atoms with Crippen molar-refractivity contribution in [1.29, 1.82) is 0 Å². The number of hydrogen-bond donors (Lipinski definition) is 0. The Kier molecular flexibility index (Phi) is 12.6. The van der Waals surface area contributed by atoms with Gasteiger partial charge in [0.2, 0.25) is 0 Å². The summed E-state index contributed by atoms with van der Waals surface area (Å²) in [6, 6.07) is 89.4. The fourth-order valence-corrected chi connectivity index (χ4v) is 14.3. The van der Waals surface area contributed by atoms with E-state index in [0.29, 0.717) is 0 Å². The second-order valence-electron chi connectivity index (χ2n) is 25.4. The summed E-state index contributed by atoms with van der Waals surface area (Å²) in [5.41, 5.74) is 26.7. The highest BCUT2D eigenvalue weighted by molar-refractivity contribution is 5.94. The molecule has 87 heavy (non-hydrogen) atoms. The average molecular weight is 1130 g/mol. The third-order valence-electron chi connectivity index (χ3n) is 19.2. The maximum Gasteiger partial charge on any atom is 0.119 e. The molecule has 0 aromatic heterocycles. The van der Waals surface area contributed by atoms with Crippen LogP contribution in [-0.2, 0) is 16.2 Å². The summed E-state index contributed by atoms with van der Waals surface area (Å²) in [6.45, 7) is 14.3. The van der Waals surface area contributed by atoms with Gasteiger partial charge in [-0.15, -0.1) is 0 Å². The summed E-state index contributed by atoms with van der Waals surface area (Å²) >= 11 is 0. The smallest absolute Gasteiger partial charge is 0.119 e. The molecule has 0 heterocycles. The van der Waals surface area contributed by atoms with Crippen molar-refractivity contribution in [3.8, 4) is 44.9 Å². The van der Waals surface area contributed by atoms with Crippen LogP contribution in [0.25, 0.3) is 79.2 Å². The number of hydrogen-bond acceptors (Lipinski definition) is 4. The lowest BCUT2D eigenvalue weighted by Crippen LogP contribution is -2.16. The van der Waals surface area contributed by atoms with E-state index in [0.717, 1.165) is 45.6 Å². The van der Waals surface area contributed by atoms with Crippen LogP contribution >= 0.6 is 0 Å². The van der Waals surface area contributed by atoms with Crippen molar-refractivity contribution in [2.75, 3.05) is 24.0 Å². The molecule has 0 bridgehead atoms. The lowest BCUT2D eigenvalue weighted by atomic mass is 9.81. The molecule has 0 amide bonds. The van der Waals surface area contributed by atoms with Crippen LogP contribution < -0.4 is 19.3 Å². The molecule has 0 spiro atoms. The first-order chi connectivity index (χ1) is 42.2. The third-order valence-corrected chi connectivity index (χ3v) is 19.2. The molecule has 422 valence electrons. The fraction of sp³-hybridized carbons (Fsp3) is 0.133. The van der Waals surface area contributed by atoms with Crippen molar-refractivity contribution >= 4 is 80.0 Å². The number of benzene rings is 12. The first kappa shape index (κ1) is 53.6. The van der Waals surface area contributed by atoms with Crippen LogP contribution in [0.4, 0.5) is 34.1 Å². The largest absolute Gasteiger partial charge is 0.497 e. The van der Waals surface area contributed by atoms with E-state index in [1.54, 1.807) is 14.2 Å². The van der Waals surface area contributed by atoms with Crippen molar-refractivity contribution in [1.82, 2.24) is 0 Å². The fourth-order valence-electron chi connectivity index (χ4n) is 14.3. The predicted molar refractivity (Wildman–Crippen MR) is 367 cm³/mol. The van der Waals surface area contributed by atoms with Gasteiger partial charge in [-0.3, -0.25) is 0 Å². The molecule has 0 atom stereocenters. The van der Waals surface area contributed by atoms with Gasteiger partial charge in [0.1, 0.15) is 11.5 Å². The Morgan fingerprint density at radius 3 is 0.816 bits per heavy atom. The molecule has 0 saturated heterocycles. The van der Waals surface area contributed by atoms with E-state index in [2.05, 4.69) is 294 Å². The Hall–Kier alpha value is -10.2. The Labute approximate surface area is 511 Å². The van der Waals surface area contributed by atoms with Gasteiger partial charge in [0.15, 0.2) is 0 Å². The molecule has 0 unspecified atom stereocenters. The van der Waals surface area contributed by atoms with E-state index in [9.17, 15) is 0 Å². The van der Waals surface area contributed by atoms with Gasteiger partial charge in [-0.1, -0.05) is 211 Å². The third kappa shape index (κ3) is 9.04. The van der Waals surface area contributed by atoms with Gasteiger partial charge in [-0.2, -0.15) is 0 Å². The SMILES string of the molecule is COc1ccc(N(c2ccc3c(c2)C(C)(C)c2cc(C=Cc4ccc5c(c4)C(C)(C)c4cc(C=Cc6ccc7c(c6)C(C)(C)c6cc(N(c8ccc(OC)cc8)c8ccc9ccccc9c8)ccc6-7)ccc4-5)ccc2-3)c2ccc3ccccc3c2)cc1. The lowest BCUT2D eigenvalue weighted by molar-refractivity contribution is 0.414. The van der Waals surface area contributed by atoms with Crippen LogP contribution in [0.3, 0.4) is 0 Å². The van der Waals surface area contributed by atoms with E-state index in [-0.39, 0.29) is 16.2 Å². The van der Waals surface area contributed by atoms with E-state index >= 15 is 0 Å². The normalized spacial score (nSPS) is 14.4. The molecule has 4 nitrogen and oxygen atoms in total. The number of nitrogens with zero attached hydrogens (tertiary/aromatic N) is 2. The highest BCUT2D eigenvalue weighted by Gasteiger charge is 2.39. The van der Waals surface area contributed by atoms with Gasteiger partial charge >= 0.3 is 0 Å². The van der Waals surface area contributed by atoms with Gasteiger partial charge in [-0.25, -0.2) is 0 Å². The standard InChI is InChI=1S/C83H68N2O2/c1-81(2)75-45-53(17-19-55-23-41-71-73-43-33-65(51-79(73)82(3,4)77(71)47-55)84(61-29-35-67(86-7)36-30-61)63-27-25-57-13-9-11-15-59(57)49-63)21-39-69(75)70-40-22-54(46-76(70)81)18-20-56-24-42-72-74-44-34-66(52-80(74)83(5,6)78(72)48-56)85(62-31-37-68(87-8)38-32-62)64-28-26-58-14-10-12-16-60(58)50-64/h9-52H,1-8H3. The van der Waals surface area contributed by atoms with Crippen molar-refractivity contribution in [3.05, 3.63) is 298 Å². The summed E-state index contributed by atoms with van der Waals surface area (Å²) in [6.07, 6.45) is 9.15. The predicted octanol–water partition coefficient (Wildman–Crippen LogP) is 22.2. The van der Waals surface area contributed by atoms with E-state index in [1.165, 1.54) is 111 Å². The number of fused-ring (bicyclic) bond motifs is 11. The first-order valence-electron chi connectivity index (χ1n) is 30.3. The topological polar surface area (TPSA) is 24.9 Å². The van der Waals surface area contributed by atoms with Gasteiger partial charge in [0, 0.05) is 50.4 Å². The molecule has 12 aromatic carbocycles. The summed E-state index contributed by atoms with van der Waals surface area (Å²) in [4.78, 5) is 4.73. The van der Waals surface area contributed by atoms with Crippen molar-refractivity contribution in [2.45, 2.75) is 57.8 Å². The van der Waals surface area contributed by atoms with Gasteiger partial charge in [0.05, 0.1) is 14.2 Å². The molecule has 0 fully saturated rings. The van der Waals surface area contributed by atoms with Crippen molar-refractivity contribution in [3.63, 3.8) is 0 Å². The van der Waals surface area contributed by atoms with Crippen LogP contribution in [0.2, 0.25) is 0 Å². The molecule has 15 rings (SSSR count). The number of rotatable bonds is 12. The number of methoxy groups -OCH3 is 2. The molecule has 4 heteroatoms. The summed E-state index contributed by atoms with van der Waals surface area (Å²) in [5.74, 6) is 1.67. The summed E-state index contributed by atoms with van der Waals surface area (Å²) in [5, 5.41) is 4.87. The summed E-state index contributed by atoms with van der Waals surface area (Å²) in [7, 11) is 3.43. The lowest BCUT2D eigenvalue weighted by Gasteiger charge is -2.28. The highest BCUT2D eigenvalue weighted by atomic mass is 16.5. The first-order valence-corrected chi connectivity index (χ1v) is 30.3. The van der Waals surface area contributed by atoms with Crippen molar-refractivity contribution < 1.29 is 9.47 Å². The van der Waals surface area contributed by atoms with Crippen molar-refractivity contribution in [2.24, 2.45) is 0 Å². The zero-order chi connectivity index (χ0) is 59.3. The monoisotopic (exact) mass is 1120 g/mol. The second kappa shape index (κ2) is 20.5. The van der Waals surface area contributed by atoms with E-state index < -0.39 is 0 Å². The quantitative estimate of drug-likeness (QED) is 0.114. The van der Waals surface area contributed by atoms with Crippen LogP contribution in [0.1, 0.15) is 97.2 Å². The molecule has 0 saturated carbocycles. The molecule has 0 radical (unpaired) electrons. The van der Waals surface area contributed by atoms with E-state index in [1.807, 2.05) is 24.3 Å². The molecular weight excluding hydrogens is 1060 g/mol. The Morgan fingerprint density at radius 1 is 0.253 bits per heavy atom. The number of anilines is 6. The van der Waals surface area contributed by atoms with Gasteiger partial charge < -0.3 is 19.3 Å². The van der Waals surface area contributed by atoms with Crippen LogP contribution in [0.5, 0.6) is 11.5 Å². The minimum Gasteiger partial charge on any atom is -0.497 e.